The van der Waals surface area contributed by atoms with Crippen molar-refractivity contribution in [2.24, 2.45) is 0 Å². The van der Waals surface area contributed by atoms with Gasteiger partial charge < -0.3 is 9.64 Å². The minimum Gasteiger partial charge on any atom is -0.494 e. The molecule has 2 aromatic rings. The van der Waals surface area contributed by atoms with Crippen LogP contribution in [-0.2, 0) is 14.4 Å². The topological polar surface area (TPSA) is 83.1 Å². The molecule has 0 spiro atoms. The molecule has 3 rings (SSSR count). The Bertz CT molecular complexity index is 885. The van der Waals surface area contributed by atoms with E-state index in [-0.39, 0.29) is 49.5 Å². The highest BCUT2D eigenvalue weighted by molar-refractivity contribution is 7.22. The zero-order valence-electron chi connectivity index (χ0n) is 16.7. The number of halogens is 1. The zero-order chi connectivity index (χ0) is 20.3. The van der Waals surface area contributed by atoms with Gasteiger partial charge >= 0.3 is 0 Å². The number of fused-ring (bicyclic) bond motifs is 1. The highest BCUT2D eigenvalue weighted by atomic mass is 35.5. The number of hydrogen-bond donors (Lipinski definition) is 0. The molecule has 0 unspecified atom stereocenters. The number of amides is 3. The molecule has 1 aromatic carbocycles. The molecule has 0 radical (unpaired) electrons. The van der Waals surface area contributed by atoms with E-state index in [1.54, 1.807) is 4.90 Å². The van der Waals surface area contributed by atoms with Crippen LogP contribution < -0.4 is 9.64 Å². The molecule has 2 heterocycles. The zero-order valence-corrected chi connectivity index (χ0v) is 18.3. The molecule has 0 saturated carbocycles. The van der Waals surface area contributed by atoms with E-state index in [1.165, 1.54) is 11.3 Å². The number of nitrogens with zero attached hydrogens (tertiary/aromatic N) is 4. The Morgan fingerprint density at radius 3 is 2.52 bits per heavy atom. The van der Waals surface area contributed by atoms with Gasteiger partial charge in [0.15, 0.2) is 5.13 Å². The standard InChI is InChI=1S/C19H24N4O4S.ClH/c1-4-27-13-5-6-14-15(11-13)28-19(20-14)22(10-9-21(2)3)18(26)12-23-16(24)7-8-17(23)25;/h5-6,11H,4,7-10,12H2,1-3H3;1H. The van der Waals surface area contributed by atoms with E-state index in [1.807, 2.05) is 44.1 Å². The van der Waals surface area contributed by atoms with Gasteiger partial charge in [0.25, 0.3) is 0 Å². The molecule has 3 amide bonds. The van der Waals surface area contributed by atoms with Crippen molar-refractivity contribution in [3.05, 3.63) is 18.2 Å². The Morgan fingerprint density at radius 1 is 1.21 bits per heavy atom. The van der Waals surface area contributed by atoms with Gasteiger partial charge in [-0.15, -0.1) is 12.4 Å². The van der Waals surface area contributed by atoms with Crippen molar-refractivity contribution in [1.82, 2.24) is 14.8 Å². The summed E-state index contributed by atoms with van der Waals surface area (Å²) in [6.07, 6.45) is 0.344. The summed E-state index contributed by atoms with van der Waals surface area (Å²) < 4.78 is 6.45. The van der Waals surface area contributed by atoms with Crippen LogP contribution in [0.5, 0.6) is 5.75 Å². The molecule has 0 N–H and O–H groups in total. The third kappa shape index (κ3) is 5.43. The first-order valence-electron chi connectivity index (χ1n) is 9.20. The summed E-state index contributed by atoms with van der Waals surface area (Å²) in [5.74, 6) is -0.146. The molecule has 1 aliphatic heterocycles. The molecule has 1 fully saturated rings. The maximum absolute atomic E-state index is 13.0. The number of likely N-dealkylation sites (tertiary alicyclic amines) is 1. The van der Waals surface area contributed by atoms with Crippen molar-refractivity contribution < 1.29 is 19.1 Å². The summed E-state index contributed by atoms with van der Waals surface area (Å²) in [6.45, 7) is 3.30. The van der Waals surface area contributed by atoms with E-state index in [9.17, 15) is 14.4 Å². The molecular weight excluding hydrogens is 416 g/mol. The minimum atomic E-state index is -0.311. The number of likely N-dealkylation sites (N-methyl/N-ethyl adjacent to an activating group) is 1. The van der Waals surface area contributed by atoms with Gasteiger partial charge in [0.1, 0.15) is 12.3 Å². The Labute approximate surface area is 179 Å². The van der Waals surface area contributed by atoms with Gasteiger partial charge in [-0.1, -0.05) is 11.3 Å². The molecule has 10 heteroatoms. The monoisotopic (exact) mass is 440 g/mol. The number of thiazole rings is 1. The number of carbonyl (C=O) groups is 3. The highest BCUT2D eigenvalue weighted by Gasteiger charge is 2.32. The van der Waals surface area contributed by atoms with Crippen molar-refractivity contribution in [3.63, 3.8) is 0 Å². The number of carbonyl (C=O) groups excluding carboxylic acids is 3. The Hall–Kier alpha value is -2.23. The van der Waals surface area contributed by atoms with Crippen LogP contribution in [0.3, 0.4) is 0 Å². The van der Waals surface area contributed by atoms with Crippen molar-refractivity contribution in [2.75, 3.05) is 45.2 Å². The average molecular weight is 441 g/mol. The number of anilines is 1. The van der Waals surface area contributed by atoms with Crippen LogP contribution in [-0.4, -0.2) is 72.8 Å². The van der Waals surface area contributed by atoms with Gasteiger partial charge in [0, 0.05) is 25.9 Å². The summed E-state index contributed by atoms with van der Waals surface area (Å²) in [6, 6.07) is 5.62. The van der Waals surface area contributed by atoms with Crippen LogP contribution in [0.25, 0.3) is 10.2 Å². The van der Waals surface area contributed by atoms with E-state index < -0.39 is 0 Å². The summed E-state index contributed by atoms with van der Waals surface area (Å²) in [5, 5.41) is 0.551. The number of rotatable bonds is 8. The van der Waals surface area contributed by atoms with Gasteiger partial charge in [0.05, 0.1) is 16.8 Å². The largest absolute Gasteiger partial charge is 0.494 e. The second kappa shape index (κ2) is 10.00. The third-order valence-electron chi connectivity index (χ3n) is 4.41. The first-order chi connectivity index (χ1) is 13.4. The predicted molar refractivity (Wildman–Crippen MR) is 115 cm³/mol. The first kappa shape index (κ1) is 23.1. The Morgan fingerprint density at radius 2 is 1.90 bits per heavy atom. The quantitative estimate of drug-likeness (QED) is 0.585. The van der Waals surface area contributed by atoms with Crippen molar-refractivity contribution in [1.29, 1.82) is 0 Å². The highest BCUT2D eigenvalue weighted by Crippen LogP contribution is 2.31. The number of benzene rings is 1. The van der Waals surface area contributed by atoms with Gasteiger partial charge in [-0.2, -0.15) is 0 Å². The van der Waals surface area contributed by atoms with Gasteiger partial charge in [-0.25, -0.2) is 4.98 Å². The van der Waals surface area contributed by atoms with Crippen LogP contribution in [0.4, 0.5) is 5.13 Å². The van der Waals surface area contributed by atoms with E-state index in [0.717, 1.165) is 20.9 Å². The summed E-state index contributed by atoms with van der Waals surface area (Å²) >= 11 is 1.39. The lowest BCUT2D eigenvalue weighted by Gasteiger charge is -2.24. The molecule has 1 saturated heterocycles. The van der Waals surface area contributed by atoms with E-state index >= 15 is 0 Å². The summed E-state index contributed by atoms with van der Waals surface area (Å²) in [7, 11) is 3.84. The average Bonchev–Trinajstić information content (AvgIpc) is 3.19. The first-order valence-corrected chi connectivity index (χ1v) is 10.0. The lowest BCUT2D eigenvalue weighted by molar-refractivity contribution is -0.141. The number of aromatic nitrogens is 1. The second-order valence-electron chi connectivity index (χ2n) is 6.78. The van der Waals surface area contributed by atoms with E-state index in [2.05, 4.69) is 4.98 Å². The van der Waals surface area contributed by atoms with Crippen LogP contribution in [0.2, 0.25) is 0 Å². The number of hydrogen-bond acceptors (Lipinski definition) is 7. The van der Waals surface area contributed by atoms with Crippen LogP contribution >= 0.6 is 23.7 Å². The van der Waals surface area contributed by atoms with Gasteiger partial charge in [-0.05, 0) is 39.2 Å². The molecule has 0 bridgehead atoms. The molecular formula is C19H25ClN4O4S. The Kier molecular flexibility index (Phi) is 7.95. The van der Waals surface area contributed by atoms with Crippen LogP contribution in [0, 0.1) is 0 Å². The minimum absolute atomic E-state index is 0. The second-order valence-corrected chi connectivity index (χ2v) is 7.79. The lowest BCUT2D eigenvalue weighted by atomic mass is 10.3. The van der Waals surface area contributed by atoms with E-state index in [0.29, 0.717) is 24.8 Å². The van der Waals surface area contributed by atoms with Gasteiger partial charge in [0.2, 0.25) is 17.7 Å². The molecule has 158 valence electrons. The maximum Gasteiger partial charge on any atom is 0.248 e. The summed E-state index contributed by atoms with van der Waals surface area (Å²) in [4.78, 5) is 45.9. The molecule has 0 aliphatic carbocycles. The van der Waals surface area contributed by atoms with Gasteiger partial charge in [-0.3, -0.25) is 24.2 Å². The van der Waals surface area contributed by atoms with Crippen LogP contribution in [0.15, 0.2) is 18.2 Å². The summed E-state index contributed by atoms with van der Waals surface area (Å²) in [5.41, 5.74) is 0.777. The SMILES string of the molecule is CCOc1ccc2nc(N(CCN(C)C)C(=O)CN3C(=O)CCC3=O)sc2c1.Cl. The fraction of sp³-hybridized carbons (Fsp3) is 0.474. The van der Waals surface area contributed by atoms with Crippen molar-refractivity contribution in [2.45, 2.75) is 19.8 Å². The molecule has 0 atom stereocenters. The Balaban J connectivity index is 0.00000300. The lowest BCUT2D eigenvalue weighted by Crippen LogP contribution is -2.44. The molecule has 1 aromatic heterocycles. The molecule has 1 aliphatic rings. The maximum atomic E-state index is 13.0. The third-order valence-corrected chi connectivity index (χ3v) is 5.45. The normalized spacial score (nSPS) is 13.9. The van der Waals surface area contributed by atoms with Crippen molar-refractivity contribution >= 4 is 56.8 Å². The van der Waals surface area contributed by atoms with E-state index in [4.69, 9.17) is 4.74 Å². The molecule has 29 heavy (non-hydrogen) atoms. The van der Waals surface area contributed by atoms with Crippen LogP contribution in [0.1, 0.15) is 19.8 Å². The predicted octanol–water partition coefficient (Wildman–Crippen LogP) is 2.16. The van der Waals surface area contributed by atoms with Crippen molar-refractivity contribution in [3.8, 4) is 5.75 Å². The fourth-order valence-electron chi connectivity index (χ4n) is 2.91. The fourth-order valence-corrected chi connectivity index (χ4v) is 3.95. The smallest absolute Gasteiger partial charge is 0.248 e. The number of ether oxygens (including phenoxy) is 1. The molecule has 8 nitrogen and oxygen atoms in total. The number of imide groups is 1.